The molecule has 110 valence electrons. The molecule has 5 nitrogen and oxygen atoms in total. The van der Waals surface area contributed by atoms with Crippen molar-refractivity contribution in [2.24, 2.45) is 11.7 Å². The van der Waals surface area contributed by atoms with Gasteiger partial charge in [-0.3, -0.25) is 9.59 Å². The number of carbonyl (C=O) groups excluding carboxylic acids is 2. The van der Waals surface area contributed by atoms with Crippen LogP contribution < -0.4 is 11.1 Å². The van der Waals surface area contributed by atoms with Crippen molar-refractivity contribution in [2.45, 2.75) is 12.8 Å². The van der Waals surface area contributed by atoms with E-state index in [9.17, 15) is 9.59 Å². The van der Waals surface area contributed by atoms with E-state index in [1.54, 1.807) is 25.9 Å². The van der Waals surface area contributed by atoms with Gasteiger partial charge in [-0.15, -0.1) is 0 Å². The van der Waals surface area contributed by atoms with Crippen LogP contribution in [0.15, 0.2) is 30.3 Å². The van der Waals surface area contributed by atoms with Crippen LogP contribution in [-0.4, -0.2) is 43.9 Å². The minimum atomic E-state index is -0.363. The molecule has 3 N–H and O–H groups in total. The fourth-order valence-corrected chi connectivity index (χ4v) is 2.16. The molecule has 0 radical (unpaired) electrons. The van der Waals surface area contributed by atoms with Crippen molar-refractivity contribution >= 4 is 11.8 Å². The molecule has 5 heteroatoms. The Kier molecular flexibility index (Phi) is 6.18. The van der Waals surface area contributed by atoms with E-state index in [0.29, 0.717) is 6.54 Å². The van der Waals surface area contributed by atoms with Crippen LogP contribution >= 0.6 is 0 Å². The molecule has 0 aliphatic carbocycles. The number of hydrogen-bond donors (Lipinski definition) is 2. The standard InChI is InChI=1S/C15H23N3O2/c1-11(14(19)17-2)10-18(3)15(20)13(9-16)12-7-5-4-6-8-12/h4-8,11,13H,9-10,16H2,1-3H3,(H,17,19). The molecule has 1 aromatic rings. The van der Waals surface area contributed by atoms with E-state index in [-0.39, 0.29) is 30.2 Å². The quantitative estimate of drug-likeness (QED) is 0.798. The summed E-state index contributed by atoms with van der Waals surface area (Å²) in [6.07, 6.45) is 0. The lowest BCUT2D eigenvalue weighted by Crippen LogP contribution is -2.40. The smallest absolute Gasteiger partial charge is 0.231 e. The molecule has 2 amide bonds. The number of rotatable bonds is 6. The summed E-state index contributed by atoms with van der Waals surface area (Å²) in [5, 5.41) is 2.58. The lowest BCUT2D eigenvalue weighted by Gasteiger charge is -2.25. The molecular weight excluding hydrogens is 254 g/mol. The van der Waals surface area contributed by atoms with Gasteiger partial charge in [-0.1, -0.05) is 37.3 Å². The van der Waals surface area contributed by atoms with E-state index >= 15 is 0 Å². The van der Waals surface area contributed by atoms with E-state index in [0.717, 1.165) is 5.56 Å². The van der Waals surface area contributed by atoms with Gasteiger partial charge in [0.1, 0.15) is 0 Å². The van der Waals surface area contributed by atoms with Crippen molar-refractivity contribution in [1.82, 2.24) is 10.2 Å². The van der Waals surface area contributed by atoms with Gasteiger partial charge in [0.25, 0.3) is 0 Å². The first-order valence-corrected chi connectivity index (χ1v) is 6.72. The van der Waals surface area contributed by atoms with Gasteiger partial charge in [-0.05, 0) is 5.56 Å². The number of nitrogens with one attached hydrogen (secondary N) is 1. The highest BCUT2D eigenvalue weighted by molar-refractivity contribution is 5.85. The molecule has 0 spiro atoms. The van der Waals surface area contributed by atoms with Crippen LogP contribution in [0.1, 0.15) is 18.4 Å². The number of nitrogens with two attached hydrogens (primary N) is 1. The molecule has 0 saturated carbocycles. The molecule has 2 atom stereocenters. The van der Waals surface area contributed by atoms with Crippen molar-refractivity contribution in [1.29, 1.82) is 0 Å². The monoisotopic (exact) mass is 277 g/mol. The second-order valence-corrected chi connectivity index (χ2v) is 4.93. The van der Waals surface area contributed by atoms with E-state index in [1.165, 1.54) is 0 Å². The van der Waals surface area contributed by atoms with Crippen molar-refractivity contribution in [3.63, 3.8) is 0 Å². The Bertz CT molecular complexity index is 448. The molecular formula is C15H23N3O2. The van der Waals surface area contributed by atoms with Crippen LogP contribution in [0.3, 0.4) is 0 Å². The van der Waals surface area contributed by atoms with E-state index in [1.807, 2.05) is 30.3 Å². The third-order valence-electron chi connectivity index (χ3n) is 3.35. The summed E-state index contributed by atoms with van der Waals surface area (Å²) >= 11 is 0. The Hall–Kier alpha value is -1.88. The number of hydrogen-bond acceptors (Lipinski definition) is 3. The second-order valence-electron chi connectivity index (χ2n) is 4.93. The molecule has 2 unspecified atom stereocenters. The number of nitrogens with zero attached hydrogens (tertiary/aromatic N) is 1. The molecule has 0 aromatic heterocycles. The lowest BCUT2D eigenvalue weighted by molar-refractivity contribution is -0.133. The fraction of sp³-hybridized carbons (Fsp3) is 0.467. The SMILES string of the molecule is CNC(=O)C(C)CN(C)C(=O)C(CN)c1ccccc1. The topological polar surface area (TPSA) is 75.4 Å². The average molecular weight is 277 g/mol. The highest BCUT2D eigenvalue weighted by Gasteiger charge is 2.24. The molecule has 0 fully saturated rings. The summed E-state index contributed by atoms with van der Waals surface area (Å²) < 4.78 is 0. The normalized spacial score (nSPS) is 13.4. The van der Waals surface area contributed by atoms with E-state index < -0.39 is 0 Å². The predicted molar refractivity (Wildman–Crippen MR) is 79.1 cm³/mol. The molecule has 0 bridgehead atoms. The second kappa shape index (κ2) is 7.65. The Morgan fingerprint density at radius 2 is 1.90 bits per heavy atom. The highest BCUT2D eigenvalue weighted by Crippen LogP contribution is 2.17. The minimum absolute atomic E-state index is 0.0607. The molecule has 0 saturated heterocycles. The minimum Gasteiger partial charge on any atom is -0.359 e. The van der Waals surface area contributed by atoms with Gasteiger partial charge in [0.15, 0.2) is 0 Å². The third-order valence-corrected chi connectivity index (χ3v) is 3.35. The van der Waals surface area contributed by atoms with Gasteiger partial charge < -0.3 is 16.0 Å². The number of amides is 2. The summed E-state index contributed by atoms with van der Waals surface area (Å²) in [6.45, 7) is 2.42. The van der Waals surface area contributed by atoms with Crippen molar-refractivity contribution in [3.8, 4) is 0 Å². The zero-order chi connectivity index (χ0) is 15.1. The maximum atomic E-state index is 12.4. The van der Waals surface area contributed by atoms with Crippen LogP contribution in [0.25, 0.3) is 0 Å². The van der Waals surface area contributed by atoms with Gasteiger partial charge in [-0.25, -0.2) is 0 Å². The van der Waals surface area contributed by atoms with Crippen LogP contribution in [0, 0.1) is 5.92 Å². The van der Waals surface area contributed by atoms with Gasteiger partial charge in [0.05, 0.1) is 11.8 Å². The van der Waals surface area contributed by atoms with Gasteiger partial charge in [-0.2, -0.15) is 0 Å². The van der Waals surface area contributed by atoms with Gasteiger partial charge >= 0.3 is 0 Å². The predicted octanol–water partition coefficient (Wildman–Crippen LogP) is 0.569. The summed E-state index contributed by atoms with van der Waals surface area (Å²) in [5.74, 6) is -0.746. The highest BCUT2D eigenvalue weighted by atomic mass is 16.2. The Labute approximate surface area is 120 Å². The first-order chi connectivity index (χ1) is 9.51. The first-order valence-electron chi connectivity index (χ1n) is 6.72. The van der Waals surface area contributed by atoms with Crippen molar-refractivity contribution in [3.05, 3.63) is 35.9 Å². The zero-order valence-corrected chi connectivity index (χ0v) is 12.3. The summed E-state index contributed by atoms with van der Waals surface area (Å²) in [6, 6.07) is 9.46. The van der Waals surface area contributed by atoms with Crippen LogP contribution in [0.2, 0.25) is 0 Å². The maximum absolute atomic E-state index is 12.4. The Balaban J connectivity index is 2.74. The average Bonchev–Trinajstić information content (AvgIpc) is 2.47. The zero-order valence-electron chi connectivity index (χ0n) is 12.3. The van der Waals surface area contributed by atoms with Crippen molar-refractivity contribution in [2.75, 3.05) is 27.2 Å². The van der Waals surface area contributed by atoms with Gasteiger partial charge in [0.2, 0.25) is 11.8 Å². The fourth-order valence-electron chi connectivity index (χ4n) is 2.16. The molecule has 0 aliphatic heterocycles. The summed E-state index contributed by atoms with van der Waals surface area (Å²) in [4.78, 5) is 25.5. The van der Waals surface area contributed by atoms with Crippen LogP contribution in [0.4, 0.5) is 0 Å². The van der Waals surface area contributed by atoms with Crippen LogP contribution in [-0.2, 0) is 9.59 Å². The molecule has 1 aromatic carbocycles. The molecule has 1 rings (SSSR count). The molecule has 0 heterocycles. The summed E-state index contributed by atoms with van der Waals surface area (Å²) in [7, 11) is 3.29. The Morgan fingerprint density at radius 3 is 2.40 bits per heavy atom. The summed E-state index contributed by atoms with van der Waals surface area (Å²) in [5.41, 5.74) is 6.64. The molecule has 20 heavy (non-hydrogen) atoms. The van der Waals surface area contributed by atoms with Crippen LogP contribution in [0.5, 0.6) is 0 Å². The van der Waals surface area contributed by atoms with E-state index in [2.05, 4.69) is 5.32 Å². The van der Waals surface area contributed by atoms with Gasteiger partial charge in [0, 0.05) is 27.2 Å². The largest absolute Gasteiger partial charge is 0.359 e. The first kappa shape index (κ1) is 16.2. The molecule has 0 aliphatic rings. The third kappa shape index (κ3) is 4.06. The lowest BCUT2D eigenvalue weighted by atomic mass is 9.97. The number of likely N-dealkylation sites (N-methyl/N-ethyl adjacent to an activating group) is 1. The maximum Gasteiger partial charge on any atom is 0.231 e. The van der Waals surface area contributed by atoms with Crippen molar-refractivity contribution < 1.29 is 9.59 Å². The van der Waals surface area contributed by atoms with E-state index in [4.69, 9.17) is 5.73 Å². The Morgan fingerprint density at radius 1 is 1.30 bits per heavy atom. The number of benzene rings is 1. The number of carbonyl (C=O) groups is 2.